The van der Waals surface area contributed by atoms with Crippen LogP contribution >= 0.6 is 15.9 Å². The van der Waals surface area contributed by atoms with Crippen molar-refractivity contribution < 1.29 is 9.13 Å². The lowest BCUT2D eigenvalue weighted by atomic mass is 10.3. The highest BCUT2D eigenvalue weighted by Crippen LogP contribution is 2.29. The van der Waals surface area contributed by atoms with E-state index in [1.54, 1.807) is 24.3 Å². The number of hydrogen-bond acceptors (Lipinski definition) is 3. The Morgan fingerprint density at radius 3 is 2.88 bits per heavy atom. The van der Waals surface area contributed by atoms with Crippen molar-refractivity contribution in [2.24, 2.45) is 0 Å². The van der Waals surface area contributed by atoms with Gasteiger partial charge in [0.25, 0.3) is 0 Å². The zero-order chi connectivity index (χ0) is 12.3. The van der Waals surface area contributed by atoms with Gasteiger partial charge in [0, 0.05) is 12.1 Å². The fraction of sp³-hybridized carbons (Fsp3) is 0. The maximum atomic E-state index is 13.0. The van der Waals surface area contributed by atoms with Crippen LogP contribution in [0.15, 0.2) is 40.9 Å². The lowest BCUT2D eigenvalue weighted by Crippen LogP contribution is -1.91. The highest BCUT2D eigenvalue weighted by molar-refractivity contribution is 9.10. The second kappa shape index (κ2) is 4.93. The van der Waals surface area contributed by atoms with E-state index in [9.17, 15) is 4.39 Å². The van der Waals surface area contributed by atoms with E-state index in [0.29, 0.717) is 10.2 Å². The van der Waals surface area contributed by atoms with Gasteiger partial charge in [0.05, 0.1) is 4.47 Å². The van der Waals surface area contributed by atoms with Crippen LogP contribution in [0.3, 0.4) is 0 Å². The third-order valence-corrected chi connectivity index (χ3v) is 2.60. The molecule has 0 saturated carbocycles. The molecule has 0 bridgehead atoms. The third kappa shape index (κ3) is 2.80. The molecule has 3 nitrogen and oxygen atoms in total. The van der Waals surface area contributed by atoms with E-state index < -0.39 is 5.82 Å². The molecule has 1 aromatic carbocycles. The van der Waals surface area contributed by atoms with Gasteiger partial charge in [-0.25, -0.2) is 9.37 Å². The monoisotopic (exact) mass is 292 g/mol. The second-order valence-corrected chi connectivity index (χ2v) is 4.00. The quantitative estimate of drug-likeness (QED) is 0.849. The van der Waals surface area contributed by atoms with Crippen molar-refractivity contribution in [3.05, 3.63) is 52.4 Å². The maximum absolute atomic E-state index is 13.0. The van der Waals surface area contributed by atoms with E-state index in [1.165, 1.54) is 12.1 Å². The molecule has 0 unspecified atom stereocenters. The lowest BCUT2D eigenvalue weighted by molar-refractivity contribution is 0.455. The topological polar surface area (TPSA) is 45.9 Å². The Labute approximate surface area is 106 Å². The Balaban J connectivity index is 2.31. The smallest absolute Gasteiger partial charge is 0.220 e. The van der Waals surface area contributed by atoms with Gasteiger partial charge in [-0.05, 0) is 34.1 Å². The summed E-state index contributed by atoms with van der Waals surface area (Å²) in [7, 11) is 0. The van der Waals surface area contributed by atoms with Crippen LogP contribution < -0.4 is 4.74 Å². The van der Waals surface area contributed by atoms with Crippen molar-refractivity contribution in [3.8, 4) is 17.7 Å². The Morgan fingerprint density at radius 2 is 2.12 bits per heavy atom. The van der Waals surface area contributed by atoms with Gasteiger partial charge >= 0.3 is 0 Å². The van der Waals surface area contributed by atoms with Crippen LogP contribution in [0.4, 0.5) is 4.39 Å². The minimum Gasteiger partial charge on any atom is -0.438 e. The highest BCUT2D eigenvalue weighted by Gasteiger charge is 2.05. The minimum absolute atomic E-state index is 0.245. The Morgan fingerprint density at radius 1 is 1.29 bits per heavy atom. The molecule has 0 amide bonds. The van der Waals surface area contributed by atoms with Crippen molar-refractivity contribution >= 4 is 15.9 Å². The molecule has 0 radical (unpaired) electrons. The average Bonchev–Trinajstić information content (AvgIpc) is 2.34. The molecule has 5 heteroatoms. The molecule has 0 fully saturated rings. The van der Waals surface area contributed by atoms with E-state index in [1.807, 2.05) is 6.07 Å². The summed E-state index contributed by atoms with van der Waals surface area (Å²) in [4.78, 5) is 3.93. The van der Waals surface area contributed by atoms with Crippen LogP contribution in [-0.4, -0.2) is 4.98 Å². The first kappa shape index (κ1) is 11.6. The van der Waals surface area contributed by atoms with E-state index in [4.69, 9.17) is 10.00 Å². The van der Waals surface area contributed by atoms with Gasteiger partial charge < -0.3 is 4.74 Å². The zero-order valence-electron chi connectivity index (χ0n) is 8.52. The van der Waals surface area contributed by atoms with Crippen molar-refractivity contribution in [1.29, 1.82) is 5.26 Å². The van der Waals surface area contributed by atoms with Gasteiger partial charge in [0.2, 0.25) is 5.88 Å². The van der Waals surface area contributed by atoms with Crippen molar-refractivity contribution in [2.75, 3.05) is 0 Å². The molecule has 17 heavy (non-hydrogen) atoms. The van der Waals surface area contributed by atoms with Gasteiger partial charge in [-0.3, -0.25) is 0 Å². The van der Waals surface area contributed by atoms with E-state index in [-0.39, 0.29) is 11.6 Å². The third-order valence-electron chi connectivity index (χ3n) is 1.95. The second-order valence-electron chi connectivity index (χ2n) is 3.15. The normalized spacial score (nSPS) is 9.71. The summed E-state index contributed by atoms with van der Waals surface area (Å²) in [5.74, 6) is 0.155. The average molecular weight is 293 g/mol. The number of pyridine rings is 1. The van der Waals surface area contributed by atoms with Crippen LogP contribution in [0, 0.1) is 17.1 Å². The first-order valence-corrected chi connectivity index (χ1v) is 5.48. The van der Waals surface area contributed by atoms with E-state index >= 15 is 0 Å². The fourth-order valence-corrected chi connectivity index (χ4v) is 1.53. The molecule has 84 valence electrons. The van der Waals surface area contributed by atoms with Gasteiger partial charge in [0.15, 0.2) is 0 Å². The highest BCUT2D eigenvalue weighted by atomic mass is 79.9. The maximum Gasteiger partial charge on any atom is 0.220 e. The molecule has 0 aliphatic heterocycles. The number of benzene rings is 1. The standard InChI is InChI=1S/C12H6BrFN2O/c13-10-5-4-8(14)6-11(10)17-12-3-1-2-9(7-15)16-12/h1-6H. The summed E-state index contributed by atoms with van der Waals surface area (Å²) < 4.78 is 19.0. The van der Waals surface area contributed by atoms with Crippen molar-refractivity contribution in [2.45, 2.75) is 0 Å². The number of halogens is 2. The Hall–Kier alpha value is -1.93. The van der Waals surface area contributed by atoms with E-state index in [0.717, 1.165) is 0 Å². The van der Waals surface area contributed by atoms with Gasteiger partial charge in [-0.15, -0.1) is 0 Å². The molecule has 1 aromatic heterocycles. The van der Waals surface area contributed by atoms with Gasteiger partial charge in [0.1, 0.15) is 23.3 Å². The van der Waals surface area contributed by atoms with Crippen LogP contribution in [0.1, 0.15) is 5.69 Å². The van der Waals surface area contributed by atoms with Crippen LogP contribution in [-0.2, 0) is 0 Å². The number of nitriles is 1. The largest absolute Gasteiger partial charge is 0.438 e. The lowest BCUT2D eigenvalue weighted by Gasteiger charge is -2.06. The molecule has 1 heterocycles. The first-order chi connectivity index (χ1) is 8.19. The number of nitrogens with zero attached hydrogens (tertiary/aromatic N) is 2. The first-order valence-electron chi connectivity index (χ1n) is 4.69. The Kier molecular flexibility index (Phi) is 3.35. The molecule has 0 saturated heterocycles. The summed E-state index contributed by atoms with van der Waals surface area (Å²) in [6.07, 6.45) is 0. The summed E-state index contributed by atoms with van der Waals surface area (Å²) in [6.45, 7) is 0. The molecule has 2 aromatic rings. The van der Waals surface area contributed by atoms with Crippen LogP contribution in [0.5, 0.6) is 11.6 Å². The Bertz CT molecular complexity index is 595. The van der Waals surface area contributed by atoms with Crippen molar-refractivity contribution in [1.82, 2.24) is 4.98 Å². The molecule has 2 rings (SSSR count). The van der Waals surface area contributed by atoms with Crippen LogP contribution in [0.2, 0.25) is 0 Å². The van der Waals surface area contributed by atoms with E-state index in [2.05, 4.69) is 20.9 Å². The SMILES string of the molecule is N#Cc1cccc(Oc2cc(F)ccc2Br)n1. The predicted octanol–water partition coefficient (Wildman–Crippen LogP) is 3.65. The summed E-state index contributed by atoms with van der Waals surface area (Å²) in [6, 6.07) is 10.8. The summed E-state index contributed by atoms with van der Waals surface area (Å²) in [5, 5.41) is 8.69. The number of aromatic nitrogens is 1. The zero-order valence-corrected chi connectivity index (χ0v) is 10.1. The molecular weight excluding hydrogens is 287 g/mol. The van der Waals surface area contributed by atoms with Gasteiger partial charge in [-0.2, -0.15) is 5.26 Å². The minimum atomic E-state index is -0.403. The van der Waals surface area contributed by atoms with Crippen molar-refractivity contribution in [3.63, 3.8) is 0 Å². The molecular formula is C12H6BrFN2O. The molecule has 0 spiro atoms. The molecule has 0 aliphatic carbocycles. The molecule has 0 aliphatic rings. The van der Waals surface area contributed by atoms with Crippen LogP contribution in [0.25, 0.3) is 0 Å². The summed E-state index contributed by atoms with van der Waals surface area (Å²) in [5.41, 5.74) is 0.245. The molecule has 0 N–H and O–H groups in total. The summed E-state index contributed by atoms with van der Waals surface area (Å²) >= 11 is 3.24. The predicted molar refractivity (Wildman–Crippen MR) is 63.1 cm³/mol. The fourth-order valence-electron chi connectivity index (χ4n) is 1.20. The number of rotatable bonds is 2. The number of ether oxygens (including phenoxy) is 1. The number of hydrogen-bond donors (Lipinski definition) is 0. The molecule has 0 atom stereocenters. The van der Waals surface area contributed by atoms with Gasteiger partial charge in [-0.1, -0.05) is 6.07 Å².